The average molecular weight is 413 g/mol. The van der Waals surface area contributed by atoms with E-state index < -0.39 is 10.0 Å². The first kappa shape index (κ1) is 19.1. The van der Waals surface area contributed by atoms with Gasteiger partial charge in [-0.25, -0.2) is 23.2 Å². The van der Waals surface area contributed by atoms with Gasteiger partial charge in [-0.2, -0.15) is 0 Å². The molecule has 29 heavy (non-hydrogen) atoms. The predicted molar refractivity (Wildman–Crippen MR) is 105 cm³/mol. The molecule has 0 bridgehead atoms. The third-order valence-electron chi connectivity index (χ3n) is 4.50. The van der Waals surface area contributed by atoms with Gasteiger partial charge in [0.2, 0.25) is 10.0 Å². The highest BCUT2D eigenvalue weighted by Gasteiger charge is 2.25. The van der Waals surface area contributed by atoms with E-state index in [1.807, 2.05) is 29.8 Å². The Morgan fingerprint density at radius 1 is 1.21 bits per heavy atom. The summed E-state index contributed by atoms with van der Waals surface area (Å²) in [6, 6.07) is 8.95. The Bertz CT molecular complexity index is 1230. The molecule has 0 amide bonds. The number of sulfonamides is 1. The van der Waals surface area contributed by atoms with E-state index in [0.29, 0.717) is 23.5 Å². The summed E-state index contributed by atoms with van der Waals surface area (Å²) < 4.78 is 37.3. The first-order chi connectivity index (χ1) is 14.0. The predicted octanol–water partition coefficient (Wildman–Crippen LogP) is 3.19. The molecule has 2 N–H and O–H groups in total. The quantitative estimate of drug-likeness (QED) is 0.493. The molecule has 9 nitrogen and oxygen atoms in total. The zero-order valence-electron chi connectivity index (χ0n) is 15.6. The number of imidazole rings is 1. The standard InChI is InChI=1S/C19H19N5O4S/c1-2-3-4-15-17(11-16-18(23-28-22-16)19(15)29(20,25)26)27-14-7-5-13(6-8-14)24-10-9-21-12-24/h5-12H,2-4H2,1H3,(H2,20,25,26). The van der Waals surface area contributed by atoms with E-state index in [-0.39, 0.29) is 15.9 Å². The van der Waals surface area contributed by atoms with Crippen molar-refractivity contribution in [2.24, 2.45) is 5.14 Å². The second-order valence-electron chi connectivity index (χ2n) is 6.53. The summed E-state index contributed by atoms with van der Waals surface area (Å²) in [5.41, 5.74) is 1.76. The number of ether oxygens (including phenoxy) is 1. The topological polar surface area (TPSA) is 126 Å². The van der Waals surface area contributed by atoms with Crippen LogP contribution in [0.5, 0.6) is 11.5 Å². The molecule has 2 heterocycles. The van der Waals surface area contributed by atoms with Crippen molar-refractivity contribution in [2.75, 3.05) is 0 Å². The molecule has 10 heteroatoms. The lowest BCUT2D eigenvalue weighted by Gasteiger charge is -2.15. The van der Waals surface area contributed by atoms with Crippen molar-refractivity contribution in [3.05, 3.63) is 54.6 Å². The van der Waals surface area contributed by atoms with E-state index in [2.05, 4.69) is 15.3 Å². The van der Waals surface area contributed by atoms with Crippen molar-refractivity contribution in [3.8, 4) is 17.2 Å². The van der Waals surface area contributed by atoms with Gasteiger partial charge in [0.1, 0.15) is 21.9 Å². The Morgan fingerprint density at radius 2 is 2.00 bits per heavy atom. The molecule has 0 aliphatic carbocycles. The largest absolute Gasteiger partial charge is 0.457 e. The Morgan fingerprint density at radius 3 is 2.66 bits per heavy atom. The number of unbranched alkanes of at least 4 members (excludes halogenated alkanes) is 1. The molecule has 0 unspecified atom stereocenters. The highest BCUT2D eigenvalue weighted by atomic mass is 32.2. The van der Waals surface area contributed by atoms with Gasteiger partial charge in [0.15, 0.2) is 5.52 Å². The summed E-state index contributed by atoms with van der Waals surface area (Å²) in [6.45, 7) is 2.02. The third kappa shape index (κ3) is 3.84. The van der Waals surface area contributed by atoms with Crippen molar-refractivity contribution in [1.82, 2.24) is 19.9 Å². The number of primary sulfonamides is 1. The summed E-state index contributed by atoms with van der Waals surface area (Å²) in [4.78, 5) is 3.92. The number of nitrogens with two attached hydrogens (primary N) is 1. The van der Waals surface area contributed by atoms with Crippen molar-refractivity contribution in [2.45, 2.75) is 31.1 Å². The van der Waals surface area contributed by atoms with Crippen molar-refractivity contribution >= 4 is 21.1 Å². The van der Waals surface area contributed by atoms with Crippen LogP contribution in [0.15, 0.2) is 58.6 Å². The van der Waals surface area contributed by atoms with Gasteiger partial charge in [0.25, 0.3) is 0 Å². The molecule has 2 aromatic heterocycles. The number of fused-ring (bicyclic) bond motifs is 1. The lowest BCUT2D eigenvalue weighted by molar-refractivity contribution is 0.315. The van der Waals surface area contributed by atoms with Gasteiger partial charge in [-0.15, -0.1) is 0 Å². The van der Waals surface area contributed by atoms with Crippen LogP contribution in [-0.2, 0) is 16.4 Å². The molecule has 150 valence electrons. The van der Waals surface area contributed by atoms with Crippen molar-refractivity contribution in [3.63, 3.8) is 0 Å². The van der Waals surface area contributed by atoms with Crippen LogP contribution in [0.3, 0.4) is 0 Å². The lowest BCUT2D eigenvalue weighted by Crippen LogP contribution is -2.16. The van der Waals surface area contributed by atoms with E-state index in [1.165, 1.54) is 0 Å². The van der Waals surface area contributed by atoms with Crippen LogP contribution in [0.1, 0.15) is 25.3 Å². The van der Waals surface area contributed by atoms with Gasteiger partial charge in [0.05, 0.1) is 6.33 Å². The molecule has 4 aromatic rings. The van der Waals surface area contributed by atoms with Crippen LogP contribution >= 0.6 is 0 Å². The minimum Gasteiger partial charge on any atom is -0.457 e. The van der Waals surface area contributed by atoms with Crippen molar-refractivity contribution < 1.29 is 17.8 Å². The SMILES string of the molecule is CCCCc1c(Oc2ccc(-n3ccnc3)cc2)cc2nonc2c1S(N)(=O)=O. The minimum absolute atomic E-state index is 0.102. The van der Waals surface area contributed by atoms with Crippen LogP contribution in [0.25, 0.3) is 16.7 Å². The van der Waals surface area contributed by atoms with Gasteiger partial charge in [-0.3, -0.25) is 0 Å². The van der Waals surface area contributed by atoms with Gasteiger partial charge in [-0.1, -0.05) is 13.3 Å². The fourth-order valence-corrected chi connectivity index (χ4v) is 4.08. The second-order valence-corrected chi connectivity index (χ2v) is 8.03. The highest BCUT2D eigenvalue weighted by molar-refractivity contribution is 7.89. The highest BCUT2D eigenvalue weighted by Crippen LogP contribution is 2.36. The van der Waals surface area contributed by atoms with E-state index in [0.717, 1.165) is 18.5 Å². The third-order valence-corrected chi connectivity index (χ3v) is 5.51. The monoisotopic (exact) mass is 413 g/mol. The zero-order valence-corrected chi connectivity index (χ0v) is 16.5. The maximum atomic E-state index is 12.3. The molecule has 0 fully saturated rings. The van der Waals surface area contributed by atoms with Gasteiger partial charge in [-0.05, 0) is 47.4 Å². The zero-order chi connectivity index (χ0) is 20.4. The molecule has 0 atom stereocenters. The van der Waals surface area contributed by atoms with Crippen LogP contribution in [0.2, 0.25) is 0 Å². The first-order valence-electron chi connectivity index (χ1n) is 9.04. The molecule has 2 aromatic carbocycles. The van der Waals surface area contributed by atoms with E-state index in [4.69, 9.17) is 14.5 Å². The van der Waals surface area contributed by atoms with E-state index in [9.17, 15) is 8.42 Å². The second kappa shape index (κ2) is 7.64. The van der Waals surface area contributed by atoms with E-state index >= 15 is 0 Å². The Kier molecular flexibility index (Phi) is 5.03. The number of hydrogen-bond acceptors (Lipinski definition) is 7. The fraction of sp³-hybridized carbons (Fsp3) is 0.211. The lowest BCUT2D eigenvalue weighted by atomic mass is 10.1. The van der Waals surface area contributed by atoms with Crippen LogP contribution in [0, 0.1) is 0 Å². The fourth-order valence-electron chi connectivity index (χ4n) is 3.13. The Balaban J connectivity index is 1.78. The van der Waals surface area contributed by atoms with Crippen LogP contribution in [-0.4, -0.2) is 28.3 Å². The van der Waals surface area contributed by atoms with Crippen molar-refractivity contribution in [1.29, 1.82) is 0 Å². The molecule has 0 aliphatic heterocycles. The molecule has 0 aliphatic rings. The number of aromatic nitrogens is 4. The van der Waals surface area contributed by atoms with Gasteiger partial charge < -0.3 is 9.30 Å². The molecule has 0 saturated carbocycles. The van der Waals surface area contributed by atoms with Gasteiger partial charge >= 0.3 is 0 Å². The molecular formula is C19H19N5O4S. The number of rotatable bonds is 7. The van der Waals surface area contributed by atoms with E-state index in [1.54, 1.807) is 30.7 Å². The van der Waals surface area contributed by atoms with Crippen LogP contribution in [0.4, 0.5) is 0 Å². The summed E-state index contributed by atoms with van der Waals surface area (Å²) in [5, 5.41) is 13.0. The van der Waals surface area contributed by atoms with Gasteiger partial charge in [0, 0.05) is 29.7 Å². The summed E-state index contributed by atoms with van der Waals surface area (Å²) in [6.07, 6.45) is 7.33. The molecule has 0 saturated heterocycles. The molecule has 4 rings (SSSR count). The smallest absolute Gasteiger partial charge is 0.240 e. The first-order valence-corrected chi connectivity index (χ1v) is 10.6. The summed E-state index contributed by atoms with van der Waals surface area (Å²) in [7, 11) is -4.06. The molecule has 0 spiro atoms. The normalized spacial score (nSPS) is 11.8. The molecule has 0 radical (unpaired) electrons. The Labute approximate surface area is 167 Å². The summed E-state index contributed by atoms with van der Waals surface area (Å²) >= 11 is 0. The average Bonchev–Trinajstić information content (AvgIpc) is 3.37. The maximum absolute atomic E-state index is 12.3. The maximum Gasteiger partial charge on any atom is 0.240 e. The number of hydrogen-bond donors (Lipinski definition) is 1. The summed E-state index contributed by atoms with van der Waals surface area (Å²) in [5.74, 6) is 0.906. The number of nitrogens with zero attached hydrogens (tertiary/aromatic N) is 4. The van der Waals surface area contributed by atoms with Crippen LogP contribution < -0.4 is 9.88 Å². The minimum atomic E-state index is -4.06. The molecular weight excluding hydrogens is 394 g/mol. The Hall–Kier alpha value is -3.24. The number of benzene rings is 2.